The molecule has 0 aliphatic carbocycles. The van der Waals surface area contributed by atoms with Gasteiger partial charge in [-0.2, -0.15) is 0 Å². The summed E-state index contributed by atoms with van der Waals surface area (Å²) in [7, 11) is 0. The van der Waals surface area contributed by atoms with Gasteiger partial charge in [-0.3, -0.25) is 0 Å². The van der Waals surface area contributed by atoms with Gasteiger partial charge in [0.1, 0.15) is 5.69 Å². The zero-order valence-corrected chi connectivity index (χ0v) is 15.2. The number of aromatic nitrogens is 5. The Morgan fingerprint density at radius 3 is 2.78 bits per heavy atom. The van der Waals surface area contributed by atoms with Gasteiger partial charge < -0.3 is 14.0 Å². The van der Waals surface area contributed by atoms with Crippen LogP contribution in [0.5, 0.6) is 0 Å². The normalized spacial score (nSPS) is 22.1. The SMILES string of the molecule is c1ccc(-n2cc(-c3nccn3C3CCOC4(CCOCC4)C3)nn2)cc1. The molecule has 140 valence electrons. The summed E-state index contributed by atoms with van der Waals surface area (Å²) in [4.78, 5) is 4.58. The minimum atomic E-state index is -0.0512. The van der Waals surface area contributed by atoms with Gasteiger partial charge in [0, 0.05) is 38.3 Å². The molecule has 1 unspecified atom stereocenters. The van der Waals surface area contributed by atoms with Crippen LogP contribution in [0, 0.1) is 0 Å². The van der Waals surface area contributed by atoms with Crippen molar-refractivity contribution in [3.8, 4) is 17.2 Å². The second kappa shape index (κ2) is 6.90. The molecule has 4 heterocycles. The summed E-state index contributed by atoms with van der Waals surface area (Å²) >= 11 is 0. The molecule has 0 N–H and O–H groups in total. The number of hydrogen-bond acceptors (Lipinski definition) is 5. The van der Waals surface area contributed by atoms with Crippen molar-refractivity contribution >= 4 is 0 Å². The molecular weight excluding hydrogens is 342 g/mol. The van der Waals surface area contributed by atoms with Gasteiger partial charge >= 0.3 is 0 Å². The molecule has 5 rings (SSSR count). The summed E-state index contributed by atoms with van der Waals surface area (Å²) in [5.41, 5.74) is 1.72. The van der Waals surface area contributed by atoms with Gasteiger partial charge in [0.25, 0.3) is 0 Å². The van der Waals surface area contributed by atoms with E-state index >= 15 is 0 Å². The predicted octanol–water partition coefficient (Wildman–Crippen LogP) is 3.03. The number of hydrogen-bond donors (Lipinski definition) is 0. The fraction of sp³-hybridized carbons (Fsp3) is 0.450. The molecule has 2 saturated heterocycles. The van der Waals surface area contributed by atoms with Crippen molar-refractivity contribution < 1.29 is 9.47 Å². The highest BCUT2D eigenvalue weighted by molar-refractivity contribution is 5.49. The monoisotopic (exact) mass is 365 g/mol. The Hall–Kier alpha value is -2.51. The number of para-hydroxylation sites is 1. The molecule has 0 bridgehead atoms. The van der Waals surface area contributed by atoms with E-state index in [1.165, 1.54) is 0 Å². The fourth-order valence-electron chi connectivity index (χ4n) is 4.21. The topological polar surface area (TPSA) is 67.0 Å². The van der Waals surface area contributed by atoms with Crippen LogP contribution in [0.2, 0.25) is 0 Å². The molecule has 2 aliphatic rings. The van der Waals surface area contributed by atoms with Crippen molar-refractivity contribution in [1.82, 2.24) is 24.5 Å². The van der Waals surface area contributed by atoms with E-state index in [1.807, 2.05) is 42.7 Å². The van der Waals surface area contributed by atoms with E-state index in [-0.39, 0.29) is 5.60 Å². The molecule has 2 fully saturated rings. The first-order valence-electron chi connectivity index (χ1n) is 9.56. The lowest BCUT2D eigenvalue weighted by molar-refractivity contribution is -0.144. The van der Waals surface area contributed by atoms with E-state index < -0.39 is 0 Å². The quantitative estimate of drug-likeness (QED) is 0.714. The van der Waals surface area contributed by atoms with Gasteiger partial charge in [0.05, 0.1) is 17.5 Å². The van der Waals surface area contributed by atoms with Crippen molar-refractivity contribution in [2.45, 2.75) is 37.3 Å². The highest BCUT2D eigenvalue weighted by Gasteiger charge is 2.40. The van der Waals surface area contributed by atoms with Crippen LogP contribution in [-0.2, 0) is 9.47 Å². The Morgan fingerprint density at radius 2 is 1.93 bits per heavy atom. The van der Waals surface area contributed by atoms with Crippen molar-refractivity contribution in [3.63, 3.8) is 0 Å². The van der Waals surface area contributed by atoms with Crippen LogP contribution in [0.25, 0.3) is 17.2 Å². The summed E-state index contributed by atoms with van der Waals surface area (Å²) < 4.78 is 15.8. The zero-order valence-electron chi connectivity index (χ0n) is 15.2. The van der Waals surface area contributed by atoms with E-state index in [4.69, 9.17) is 9.47 Å². The lowest BCUT2D eigenvalue weighted by Crippen LogP contribution is -2.44. The van der Waals surface area contributed by atoms with Gasteiger partial charge in [-0.1, -0.05) is 23.4 Å². The smallest absolute Gasteiger partial charge is 0.162 e. The lowest BCUT2D eigenvalue weighted by atomic mass is 9.84. The van der Waals surface area contributed by atoms with Crippen LogP contribution >= 0.6 is 0 Å². The number of nitrogens with zero attached hydrogens (tertiary/aromatic N) is 5. The van der Waals surface area contributed by atoms with Crippen LogP contribution < -0.4 is 0 Å². The number of imidazole rings is 1. The summed E-state index contributed by atoms with van der Waals surface area (Å²) in [6.45, 7) is 2.35. The van der Waals surface area contributed by atoms with Gasteiger partial charge in [-0.25, -0.2) is 9.67 Å². The van der Waals surface area contributed by atoms with Crippen molar-refractivity contribution in [2.75, 3.05) is 19.8 Å². The molecule has 1 atom stereocenters. The molecule has 27 heavy (non-hydrogen) atoms. The molecular formula is C20H23N5O2. The first-order valence-corrected chi connectivity index (χ1v) is 9.56. The van der Waals surface area contributed by atoms with E-state index in [2.05, 4.69) is 26.1 Å². The van der Waals surface area contributed by atoms with Crippen molar-refractivity contribution in [1.29, 1.82) is 0 Å². The molecule has 1 spiro atoms. The van der Waals surface area contributed by atoms with Crippen LogP contribution in [0.3, 0.4) is 0 Å². The lowest BCUT2D eigenvalue weighted by Gasteiger charge is -2.43. The van der Waals surface area contributed by atoms with E-state index in [0.717, 1.165) is 62.7 Å². The standard InChI is InChI=1S/C20H23N5O2/c1-2-4-16(5-3-1)25-15-18(22-23-25)19-21-9-10-24(19)17-6-11-27-20(14-17)7-12-26-13-8-20/h1-5,9-10,15,17H,6-8,11-14H2. The van der Waals surface area contributed by atoms with E-state index in [9.17, 15) is 0 Å². The maximum atomic E-state index is 6.20. The third kappa shape index (κ3) is 3.17. The third-order valence-corrected chi connectivity index (χ3v) is 5.68. The molecule has 0 radical (unpaired) electrons. The molecule has 3 aromatic rings. The zero-order chi connectivity index (χ0) is 18.1. The Bertz CT molecular complexity index is 892. The van der Waals surface area contributed by atoms with Crippen LogP contribution in [0.1, 0.15) is 31.7 Å². The highest BCUT2D eigenvalue weighted by Crippen LogP contribution is 2.40. The third-order valence-electron chi connectivity index (χ3n) is 5.68. The Kier molecular flexibility index (Phi) is 4.26. The molecule has 0 saturated carbocycles. The van der Waals surface area contributed by atoms with Gasteiger partial charge in [0.15, 0.2) is 5.82 Å². The van der Waals surface area contributed by atoms with E-state index in [1.54, 1.807) is 4.68 Å². The number of ether oxygens (including phenoxy) is 2. The molecule has 1 aromatic carbocycles. The summed E-state index contributed by atoms with van der Waals surface area (Å²) in [5.74, 6) is 0.867. The number of benzene rings is 1. The minimum absolute atomic E-state index is 0.0512. The van der Waals surface area contributed by atoms with Crippen LogP contribution in [0.4, 0.5) is 0 Å². The second-order valence-electron chi connectivity index (χ2n) is 7.33. The molecule has 2 aromatic heterocycles. The van der Waals surface area contributed by atoms with Crippen molar-refractivity contribution in [3.05, 3.63) is 48.9 Å². The Labute approximate surface area is 157 Å². The van der Waals surface area contributed by atoms with Gasteiger partial charge in [-0.05, 0) is 37.8 Å². The molecule has 2 aliphatic heterocycles. The first-order chi connectivity index (χ1) is 13.3. The van der Waals surface area contributed by atoms with E-state index in [0.29, 0.717) is 6.04 Å². The highest BCUT2D eigenvalue weighted by atomic mass is 16.5. The largest absolute Gasteiger partial charge is 0.381 e. The average molecular weight is 365 g/mol. The predicted molar refractivity (Wildman–Crippen MR) is 99.6 cm³/mol. The summed E-state index contributed by atoms with van der Waals surface area (Å²) in [6.07, 6.45) is 9.77. The van der Waals surface area contributed by atoms with Crippen LogP contribution in [-0.4, -0.2) is 50.0 Å². The first kappa shape index (κ1) is 16.6. The molecule has 0 amide bonds. The second-order valence-corrected chi connectivity index (χ2v) is 7.33. The average Bonchev–Trinajstić information content (AvgIpc) is 3.39. The van der Waals surface area contributed by atoms with Gasteiger partial charge in [0.2, 0.25) is 0 Å². The fourth-order valence-corrected chi connectivity index (χ4v) is 4.21. The van der Waals surface area contributed by atoms with Gasteiger partial charge in [-0.15, -0.1) is 5.10 Å². The molecule has 7 nitrogen and oxygen atoms in total. The molecule has 7 heteroatoms. The van der Waals surface area contributed by atoms with Crippen LogP contribution in [0.15, 0.2) is 48.9 Å². The Balaban J connectivity index is 1.42. The minimum Gasteiger partial charge on any atom is -0.381 e. The maximum Gasteiger partial charge on any atom is 0.162 e. The summed E-state index contributed by atoms with van der Waals surface area (Å²) in [6, 6.07) is 10.4. The maximum absolute atomic E-state index is 6.20. The number of rotatable bonds is 3. The summed E-state index contributed by atoms with van der Waals surface area (Å²) in [5, 5.41) is 8.66. The Morgan fingerprint density at radius 1 is 1.07 bits per heavy atom. The van der Waals surface area contributed by atoms with Crippen molar-refractivity contribution in [2.24, 2.45) is 0 Å².